The molecule has 0 fully saturated rings. The second-order valence-corrected chi connectivity index (χ2v) is 5.90. The number of hydrogen-bond acceptors (Lipinski definition) is 1. The highest BCUT2D eigenvalue weighted by Gasteiger charge is 2.07. The molecular weight excluding hydrogens is 280 g/mol. The van der Waals surface area contributed by atoms with Gasteiger partial charge in [-0.1, -0.05) is 59.0 Å². The summed E-state index contributed by atoms with van der Waals surface area (Å²) in [6.45, 7) is 5.88. The van der Waals surface area contributed by atoms with Crippen LogP contribution in [0.3, 0.4) is 0 Å². The number of fused-ring (bicyclic) bond motifs is 1. The van der Waals surface area contributed by atoms with Gasteiger partial charge in [-0.25, -0.2) is 0 Å². The van der Waals surface area contributed by atoms with Crippen LogP contribution in [-0.4, -0.2) is 0 Å². The molecule has 2 rings (SSSR count). The first-order chi connectivity index (χ1) is 7.74. The van der Waals surface area contributed by atoms with E-state index in [1.165, 1.54) is 24.7 Å². The molecule has 0 N–H and O–H groups in total. The van der Waals surface area contributed by atoms with Gasteiger partial charge in [-0.05, 0) is 12.5 Å². The van der Waals surface area contributed by atoms with E-state index in [0.717, 1.165) is 6.42 Å². The van der Waals surface area contributed by atoms with Crippen molar-refractivity contribution in [2.45, 2.75) is 13.3 Å². The molecule has 0 bridgehead atoms. The van der Waals surface area contributed by atoms with Crippen molar-refractivity contribution in [3.05, 3.63) is 51.1 Å². The zero-order valence-corrected chi connectivity index (χ0v) is 11.6. The van der Waals surface area contributed by atoms with Gasteiger partial charge in [-0.15, -0.1) is 11.3 Å². The van der Waals surface area contributed by atoms with Crippen molar-refractivity contribution >= 4 is 43.9 Å². The molecule has 1 aromatic rings. The molecule has 0 spiro atoms. The molecule has 0 unspecified atom stereocenters. The van der Waals surface area contributed by atoms with E-state index < -0.39 is 0 Å². The van der Waals surface area contributed by atoms with Crippen molar-refractivity contribution in [1.82, 2.24) is 0 Å². The van der Waals surface area contributed by atoms with Crippen LogP contribution in [-0.2, 0) is 6.42 Å². The first-order valence-electron chi connectivity index (χ1n) is 5.18. The van der Waals surface area contributed by atoms with Gasteiger partial charge in [0.25, 0.3) is 0 Å². The average Bonchev–Trinajstić information content (AvgIpc) is 2.46. The van der Waals surface area contributed by atoms with Crippen molar-refractivity contribution in [3.8, 4) is 0 Å². The number of hydrogen-bond donors (Lipinski definition) is 0. The highest BCUT2D eigenvalue weighted by atomic mass is 79.9. The van der Waals surface area contributed by atoms with Gasteiger partial charge >= 0.3 is 0 Å². The lowest BCUT2D eigenvalue weighted by Crippen LogP contribution is -2.21. The molecule has 1 aromatic heterocycles. The molecule has 0 radical (unpaired) electrons. The van der Waals surface area contributed by atoms with E-state index >= 15 is 0 Å². The molecule has 1 aliphatic carbocycles. The summed E-state index contributed by atoms with van der Waals surface area (Å²) in [7, 11) is 0. The van der Waals surface area contributed by atoms with Crippen LogP contribution in [0.2, 0.25) is 0 Å². The second kappa shape index (κ2) is 4.98. The summed E-state index contributed by atoms with van der Waals surface area (Å²) >= 11 is 5.44. The maximum absolute atomic E-state index is 3.79. The Morgan fingerprint density at radius 3 is 3.00 bits per heavy atom. The minimum Gasteiger partial charge on any atom is -0.138 e. The van der Waals surface area contributed by atoms with Crippen molar-refractivity contribution < 1.29 is 0 Å². The standard InChI is InChI=1S/C14H13BrS/c1-3-7-12-11-8-5-4-6-9-13(11)16-14(12)10(2)15/h3-8H,1,9H2,2H3/b12-7-,14-10-. The summed E-state index contributed by atoms with van der Waals surface area (Å²) in [6, 6.07) is 0. The molecule has 82 valence electrons. The van der Waals surface area contributed by atoms with E-state index in [0.29, 0.717) is 0 Å². The molecule has 1 heterocycles. The van der Waals surface area contributed by atoms with Crippen LogP contribution in [0.25, 0.3) is 16.6 Å². The van der Waals surface area contributed by atoms with E-state index in [4.69, 9.17) is 0 Å². The minimum absolute atomic E-state index is 1.02. The van der Waals surface area contributed by atoms with E-state index in [9.17, 15) is 0 Å². The van der Waals surface area contributed by atoms with E-state index in [2.05, 4.69) is 59.8 Å². The quantitative estimate of drug-likeness (QED) is 0.745. The van der Waals surface area contributed by atoms with Crippen LogP contribution in [0.15, 0.2) is 30.9 Å². The van der Waals surface area contributed by atoms with E-state index in [-0.39, 0.29) is 0 Å². The molecule has 0 saturated heterocycles. The van der Waals surface area contributed by atoms with Gasteiger partial charge < -0.3 is 0 Å². The number of allylic oxidation sites excluding steroid dienone is 4. The van der Waals surface area contributed by atoms with Crippen LogP contribution in [0.1, 0.15) is 17.4 Å². The molecule has 0 saturated carbocycles. The summed E-state index contributed by atoms with van der Waals surface area (Å²) in [5.41, 5.74) is 1.34. The minimum atomic E-state index is 1.02. The van der Waals surface area contributed by atoms with Gasteiger partial charge in [0.15, 0.2) is 0 Å². The van der Waals surface area contributed by atoms with Crippen LogP contribution in [0.5, 0.6) is 0 Å². The Hall–Kier alpha value is -0.860. The summed E-state index contributed by atoms with van der Waals surface area (Å²) < 4.78 is 2.50. The van der Waals surface area contributed by atoms with Crippen LogP contribution in [0.4, 0.5) is 0 Å². The predicted molar refractivity (Wildman–Crippen MR) is 78.1 cm³/mol. The highest BCUT2D eigenvalue weighted by Crippen LogP contribution is 2.16. The summed E-state index contributed by atoms with van der Waals surface area (Å²) in [6.07, 6.45) is 13.6. The maximum atomic E-state index is 3.79. The number of rotatable bonds is 1. The maximum Gasteiger partial charge on any atom is 0.0450 e. The summed E-state index contributed by atoms with van der Waals surface area (Å²) in [5, 5.41) is 1.28. The first-order valence-corrected chi connectivity index (χ1v) is 6.79. The SMILES string of the molecule is C=C/C=c1/c2c(s/c1=C(/C)Br)CC=CC=C2. The topological polar surface area (TPSA) is 0 Å². The van der Waals surface area contributed by atoms with Crippen LogP contribution < -0.4 is 9.75 Å². The Bertz CT molecular complexity index is 581. The molecule has 1 aliphatic rings. The normalized spacial score (nSPS) is 17.0. The lowest BCUT2D eigenvalue weighted by Gasteiger charge is -1.91. The summed E-state index contributed by atoms with van der Waals surface area (Å²) in [4.78, 5) is 1.42. The third-order valence-corrected chi connectivity index (χ3v) is 4.49. The van der Waals surface area contributed by atoms with Crippen LogP contribution >= 0.6 is 27.3 Å². The largest absolute Gasteiger partial charge is 0.138 e. The molecule has 16 heavy (non-hydrogen) atoms. The summed E-state index contributed by atoms with van der Waals surface area (Å²) in [5.74, 6) is 0. The Kier molecular flexibility index (Phi) is 3.62. The molecule has 2 heteroatoms. The van der Waals surface area contributed by atoms with Gasteiger partial charge in [0.1, 0.15) is 0 Å². The van der Waals surface area contributed by atoms with Gasteiger partial charge in [-0.3, -0.25) is 0 Å². The molecule has 0 nitrogen and oxygen atoms in total. The van der Waals surface area contributed by atoms with E-state index in [1.54, 1.807) is 0 Å². The van der Waals surface area contributed by atoms with Gasteiger partial charge in [-0.2, -0.15) is 0 Å². The highest BCUT2D eigenvalue weighted by molar-refractivity contribution is 9.14. The zero-order chi connectivity index (χ0) is 11.5. The lowest BCUT2D eigenvalue weighted by molar-refractivity contribution is 1.33. The number of thiophene rings is 1. The molecule has 0 amide bonds. The van der Waals surface area contributed by atoms with Crippen molar-refractivity contribution in [3.63, 3.8) is 0 Å². The van der Waals surface area contributed by atoms with Crippen molar-refractivity contribution in [2.24, 2.45) is 0 Å². The Balaban J connectivity index is 2.85. The van der Waals surface area contributed by atoms with Crippen molar-refractivity contribution in [2.75, 3.05) is 0 Å². The monoisotopic (exact) mass is 292 g/mol. The third kappa shape index (κ3) is 2.13. The number of halogens is 1. The molecule has 0 aromatic carbocycles. The average molecular weight is 293 g/mol. The molecule has 0 aliphatic heterocycles. The Labute approximate surface area is 108 Å². The van der Waals surface area contributed by atoms with Crippen molar-refractivity contribution in [1.29, 1.82) is 0 Å². The molecule has 0 atom stereocenters. The van der Waals surface area contributed by atoms with Gasteiger partial charge in [0.05, 0.1) is 0 Å². The zero-order valence-electron chi connectivity index (χ0n) is 9.16. The fourth-order valence-corrected chi connectivity index (χ4v) is 3.38. The van der Waals surface area contributed by atoms with Gasteiger partial charge in [0.2, 0.25) is 0 Å². The van der Waals surface area contributed by atoms with Crippen LogP contribution in [0, 0.1) is 0 Å². The molecular formula is C14H13BrS. The second-order valence-electron chi connectivity index (χ2n) is 3.61. The lowest BCUT2D eigenvalue weighted by atomic mass is 10.1. The van der Waals surface area contributed by atoms with Gasteiger partial charge in [0, 0.05) is 25.5 Å². The smallest absolute Gasteiger partial charge is 0.0450 e. The predicted octanol–water partition coefficient (Wildman–Crippen LogP) is 3.36. The van der Waals surface area contributed by atoms with E-state index in [1.807, 2.05) is 17.4 Å². The Morgan fingerprint density at radius 2 is 2.31 bits per heavy atom. The Morgan fingerprint density at radius 1 is 1.50 bits per heavy atom. The fourth-order valence-electron chi connectivity index (χ4n) is 1.78. The third-order valence-electron chi connectivity index (χ3n) is 2.47. The fraction of sp³-hybridized carbons (Fsp3) is 0.143. The first kappa shape index (κ1) is 11.6.